The minimum Gasteiger partial charge on any atom is -0.394 e. The fourth-order valence-corrected chi connectivity index (χ4v) is 0.872. The Bertz CT molecular complexity index is 139. The van der Waals surface area contributed by atoms with Gasteiger partial charge in [0.15, 0.2) is 0 Å². The number of carbonyl (C=O) groups is 1. The van der Waals surface area contributed by atoms with Crippen LogP contribution in [0.1, 0.15) is 26.7 Å². The summed E-state index contributed by atoms with van der Waals surface area (Å²) in [6, 6.07) is -0.153. The van der Waals surface area contributed by atoms with Crippen LogP contribution in [-0.2, 0) is 9.53 Å². The molecule has 4 nitrogen and oxygen atoms in total. The van der Waals surface area contributed by atoms with Gasteiger partial charge in [0, 0.05) is 25.7 Å². The van der Waals surface area contributed by atoms with Crippen LogP contribution < -0.4 is 5.32 Å². The summed E-state index contributed by atoms with van der Waals surface area (Å²) in [5.74, 6) is -0.0266. The highest BCUT2D eigenvalue weighted by atomic mass is 16.5. The lowest BCUT2D eigenvalue weighted by Gasteiger charge is -2.10. The van der Waals surface area contributed by atoms with Crippen LogP contribution in [-0.4, -0.2) is 36.9 Å². The summed E-state index contributed by atoms with van der Waals surface area (Å²) in [6.45, 7) is 4.98. The summed E-state index contributed by atoms with van der Waals surface area (Å²) < 4.78 is 5.09. The zero-order valence-electron chi connectivity index (χ0n) is 8.38. The van der Waals surface area contributed by atoms with Gasteiger partial charge in [0.1, 0.15) is 0 Å². The van der Waals surface area contributed by atoms with E-state index in [0.717, 1.165) is 6.42 Å². The third-order valence-electron chi connectivity index (χ3n) is 1.58. The second-order valence-corrected chi connectivity index (χ2v) is 2.95. The molecule has 0 aromatic rings. The molecule has 0 unspecified atom stereocenters. The molecule has 2 N–H and O–H groups in total. The fraction of sp³-hybridized carbons (Fsp3) is 0.889. The van der Waals surface area contributed by atoms with Crippen LogP contribution in [0.2, 0.25) is 0 Å². The highest BCUT2D eigenvalue weighted by molar-refractivity contribution is 5.76. The zero-order chi connectivity index (χ0) is 10.1. The predicted octanol–water partition coefficient (Wildman–Crippen LogP) is 0.300. The topological polar surface area (TPSA) is 58.6 Å². The predicted molar refractivity (Wildman–Crippen MR) is 50.4 cm³/mol. The van der Waals surface area contributed by atoms with Crippen molar-refractivity contribution >= 4 is 5.91 Å². The zero-order valence-corrected chi connectivity index (χ0v) is 8.38. The largest absolute Gasteiger partial charge is 0.394 e. The second-order valence-electron chi connectivity index (χ2n) is 2.95. The summed E-state index contributed by atoms with van der Waals surface area (Å²) in [4.78, 5) is 11.1. The van der Waals surface area contributed by atoms with E-state index in [-0.39, 0.29) is 18.6 Å². The smallest absolute Gasteiger partial charge is 0.220 e. The van der Waals surface area contributed by atoms with Crippen molar-refractivity contribution in [1.82, 2.24) is 5.32 Å². The third kappa shape index (κ3) is 7.74. The quantitative estimate of drug-likeness (QED) is 0.566. The van der Waals surface area contributed by atoms with Gasteiger partial charge in [-0.3, -0.25) is 4.79 Å². The van der Waals surface area contributed by atoms with Crippen molar-refractivity contribution in [1.29, 1.82) is 0 Å². The normalized spacial score (nSPS) is 12.5. The minimum absolute atomic E-state index is 0.0167. The molecular weight excluding hydrogens is 170 g/mol. The number of hydrogen-bond donors (Lipinski definition) is 2. The molecule has 4 heteroatoms. The first-order valence-corrected chi connectivity index (χ1v) is 4.68. The molecule has 13 heavy (non-hydrogen) atoms. The first-order chi connectivity index (χ1) is 6.20. The van der Waals surface area contributed by atoms with Gasteiger partial charge in [-0.15, -0.1) is 0 Å². The van der Waals surface area contributed by atoms with E-state index >= 15 is 0 Å². The van der Waals surface area contributed by atoms with Gasteiger partial charge in [-0.2, -0.15) is 0 Å². The maximum Gasteiger partial charge on any atom is 0.220 e. The van der Waals surface area contributed by atoms with Gasteiger partial charge in [0.2, 0.25) is 5.91 Å². The van der Waals surface area contributed by atoms with E-state index in [0.29, 0.717) is 19.6 Å². The molecular formula is C9H19NO3. The monoisotopic (exact) mass is 189 g/mol. The van der Waals surface area contributed by atoms with Crippen LogP contribution in [0, 0.1) is 0 Å². The summed E-state index contributed by atoms with van der Waals surface area (Å²) >= 11 is 0. The van der Waals surface area contributed by atoms with Gasteiger partial charge < -0.3 is 15.2 Å². The van der Waals surface area contributed by atoms with E-state index in [1.165, 1.54) is 0 Å². The Morgan fingerprint density at radius 1 is 1.62 bits per heavy atom. The van der Waals surface area contributed by atoms with Crippen LogP contribution in [0.25, 0.3) is 0 Å². The Balaban J connectivity index is 3.30. The van der Waals surface area contributed by atoms with E-state index in [4.69, 9.17) is 9.84 Å². The van der Waals surface area contributed by atoms with Crippen molar-refractivity contribution in [2.75, 3.05) is 19.8 Å². The molecule has 0 aliphatic heterocycles. The number of rotatable bonds is 7. The number of carbonyl (C=O) groups excluding carboxylic acids is 1. The van der Waals surface area contributed by atoms with E-state index in [1.54, 1.807) is 6.92 Å². The lowest BCUT2D eigenvalue weighted by atomic mass is 10.3. The Labute approximate surface area is 79.3 Å². The van der Waals surface area contributed by atoms with Gasteiger partial charge in [-0.05, 0) is 20.3 Å². The maximum atomic E-state index is 11.1. The summed E-state index contributed by atoms with van der Waals surface area (Å²) in [5, 5.41) is 11.3. The van der Waals surface area contributed by atoms with Gasteiger partial charge in [0.25, 0.3) is 0 Å². The Morgan fingerprint density at radius 3 is 2.85 bits per heavy atom. The molecule has 78 valence electrons. The second kappa shape index (κ2) is 8.01. The Hall–Kier alpha value is -0.610. The highest BCUT2D eigenvalue weighted by Gasteiger charge is 2.04. The lowest BCUT2D eigenvalue weighted by molar-refractivity contribution is -0.122. The van der Waals surface area contributed by atoms with Crippen molar-refractivity contribution in [3.05, 3.63) is 0 Å². The molecule has 0 fully saturated rings. The number of ether oxygens (including phenoxy) is 1. The molecule has 0 radical (unpaired) electrons. The third-order valence-corrected chi connectivity index (χ3v) is 1.58. The average molecular weight is 189 g/mol. The van der Waals surface area contributed by atoms with Crippen LogP contribution in [0.15, 0.2) is 0 Å². The molecule has 0 heterocycles. The van der Waals surface area contributed by atoms with Crippen molar-refractivity contribution < 1.29 is 14.6 Å². The van der Waals surface area contributed by atoms with Crippen molar-refractivity contribution in [3.8, 4) is 0 Å². The Kier molecular flexibility index (Phi) is 7.63. The first-order valence-electron chi connectivity index (χ1n) is 4.68. The van der Waals surface area contributed by atoms with E-state index in [1.807, 2.05) is 6.92 Å². The van der Waals surface area contributed by atoms with E-state index < -0.39 is 0 Å². The maximum absolute atomic E-state index is 11.1. The summed E-state index contributed by atoms with van der Waals surface area (Å²) in [5.41, 5.74) is 0. The van der Waals surface area contributed by atoms with E-state index in [9.17, 15) is 4.79 Å². The number of aliphatic hydroxyl groups excluding tert-OH is 1. The van der Waals surface area contributed by atoms with Gasteiger partial charge in [-0.25, -0.2) is 0 Å². The van der Waals surface area contributed by atoms with Crippen molar-refractivity contribution in [2.45, 2.75) is 32.7 Å². The summed E-state index contributed by atoms with van der Waals surface area (Å²) in [6.07, 6.45) is 1.20. The number of amides is 1. The number of nitrogens with one attached hydrogen (secondary N) is 1. The van der Waals surface area contributed by atoms with Crippen LogP contribution in [0.5, 0.6) is 0 Å². The molecule has 1 amide bonds. The van der Waals surface area contributed by atoms with Crippen molar-refractivity contribution in [3.63, 3.8) is 0 Å². The number of aliphatic hydroxyl groups is 1. The molecule has 0 aromatic heterocycles. The van der Waals surface area contributed by atoms with Gasteiger partial charge in [-0.1, -0.05) is 0 Å². The standard InChI is InChI=1S/C9H19NO3/c1-3-13-6-4-5-9(12)10-8(2)7-11/h8,11H,3-7H2,1-2H3,(H,10,12)/t8-/m0/s1. The average Bonchev–Trinajstić information content (AvgIpc) is 2.12. The molecule has 0 aliphatic rings. The van der Waals surface area contributed by atoms with Crippen LogP contribution in [0.3, 0.4) is 0 Å². The molecule has 1 atom stereocenters. The molecule has 0 bridgehead atoms. The van der Waals surface area contributed by atoms with Crippen LogP contribution in [0.4, 0.5) is 0 Å². The molecule has 0 aliphatic carbocycles. The molecule has 0 spiro atoms. The number of hydrogen-bond acceptors (Lipinski definition) is 3. The molecule has 0 saturated heterocycles. The summed E-state index contributed by atoms with van der Waals surface area (Å²) in [7, 11) is 0. The highest BCUT2D eigenvalue weighted by Crippen LogP contribution is 1.91. The lowest BCUT2D eigenvalue weighted by Crippen LogP contribution is -2.34. The Morgan fingerprint density at radius 2 is 2.31 bits per heavy atom. The van der Waals surface area contributed by atoms with Crippen LogP contribution >= 0.6 is 0 Å². The van der Waals surface area contributed by atoms with Gasteiger partial charge >= 0.3 is 0 Å². The SMILES string of the molecule is CCOCCCC(=O)N[C@@H](C)CO. The van der Waals surface area contributed by atoms with E-state index in [2.05, 4.69) is 5.32 Å². The fourth-order valence-electron chi connectivity index (χ4n) is 0.872. The van der Waals surface area contributed by atoms with Crippen molar-refractivity contribution in [2.24, 2.45) is 0 Å². The van der Waals surface area contributed by atoms with Gasteiger partial charge in [0.05, 0.1) is 6.61 Å². The molecule has 0 aromatic carbocycles. The molecule has 0 saturated carbocycles. The molecule has 0 rings (SSSR count). The minimum atomic E-state index is -0.153. The first kappa shape index (κ1) is 12.4.